The van der Waals surface area contributed by atoms with E-state index in [1.807, 2.05) is 0 Å². The predicted octanol–water partition coefficient (Wildman–Crippen LogP) is 0.324. The average Bonchev–Trinajstić information content (AvgIpc) is 2.47. The van der Waals surface area contributed by atoms with Crippen molar-refractivity contribution >= 4 is 17.8 Å². The maximum Gasteiger partial charge on any atom is 0.305 e. The molecule has 0 aliphatic rings. The van der Waals surface area contributed by atoms with Crippen LogP contribution in [0.3, 0.4) is 0 Å². The Kier molecular flexibility index (Phi) is 6.42. The van der Waals surface area contributed by atoms with Crippen LogP contribution in [-0.2, 0) is 14.3 Å². The molecule has 0 unspecified atom stereocenters. The monoisotopic (exact) mass is 280 g/mol. The highest BCUT2D eigenvalue weighted by molar-refractivity contribution is 5.80. The molecule has 0 N–H and O–H groups in total. The van der Waals surface area contributed by atoms with Gasteiger partial charge in [0.1, 0.15) is 0 Å². The third kappa shape index (κ3) is 5.21. The summed E-state index contributed by atoms with van der Waals surface area (Å²) in [6.07, 6.45) is 4.15. The molecule has 1 aromatic heterocycles. The number of methoxy groups -OCH3 is 1. The fourth-order valence-corrected chi connectivity index (χ4v) is 1.57. The summed E-state index contributed by atoms with van der Waals surface area (Å²) in [5.41, 5.74) is 0. The highest BCUT2D eigenvalue weighted by atomic mass is 16.5. The Balaban J connectivity index is 2.36. The molecule has 1 heterocycles. The molecule has 110 valence electrons. The molecule has 0 fully saturated rings. The van der Waals surface area contributed by atoms with E-state index in [1.54, 1.807) is 42.4 Å². The fraction of sp³-hybridized carbons (Fsp3) is 0.538. The number of carbonyl (C=O) groups is 2. The van der Waals surface area contributed by atoms with Gasteiger partial charge in [-0.05, 0) is 12.5 Å². The molecule has 0 saturated heterocycles. The minimum absolute atomic E-state index is 0.0511. The maximum absolute atomic E-state index is 12.0. The molecule has 0 atom stereocenters. The van der Waals surface area contributed by atoms with Crippen LogP contribution in [0.2, 0.25) is 0 Å². The van der Waals surface area contributed by atoms with Crippen molar-refractivity contribution in [3.05, 3.63) is 18.5 Å². The molecule has 0 saturated carbocycles. The number of carbonyl (C=O) groups excluding carboxylic acids is 2. The van der Waals surface area contributed by atoms with E-state index < -0.39 is 0 Å². The minimum atomic E-state index is -0.263. The molecule has 0 spiro atoms. The highest BCUT2D eigenvalue weighted by Gasteiger charge is 2.13. The van der Waals surface area contributed by atoms with Gasteiger partial charge in [-0.3, -0.25) is 9.59 Å². The lowest BCUT2D eigenvalue weighted by Crippen LogP contribution is -2.37. The number of likely N-dealkylation sites (N-methyl/N-ethyl adjacent to an activating group) is 2. The SMILES string of the molecule is COC(=O)CCCN(C)C(=O)CN(C)c1ncccn1. The van der Waals surface area contributed by atoms with Gasteiger partial charge in [0.15, 0.2) is 0 Å². The van der Waals surface area contributed by atoms with E-state index >= 15 is 0 Å². The third-order valence-corrected chi connectivity index (χ3v) is 2.79. The highest BCUT2D eigenvalue weighted by Crippen LogP contribution is 2.03. The number of esters is 1. The van der Waals surface area contributed by atoms with Crippen molar-refractivity contribution in [1.29, 1.82) is 0 Å². The van der Waals surface area contributed by atoms with Gasteiger partial charge in [0, 0.05) is 39.5 Å². The Bertz CT molecular complexity index is 439. The van der Waals surface area contributed by atoms with Crippen molar-refractivity contribution in [1.82, 2.24) is 14.9 Å². The average molecular weight is 280 g/mol. The van der Waals surface area contributed by atoms with Gasteiger partial charge in [-0.1, -0.05) is 0 Å². The number of anilines is 1. The molecule has 7 heteroatoms. The summed E-state index contributed by atoms with van der Waals surface area (Å²) in [6.45, 7) is 0.705. The molecule has 0 aliphatic carbocycles. The normalized spacial score (nSPS) is 9.95. The van der Waals surface area contributed by atoms with Crippen LogP contribution >= 0.6 is 0 Å². The fourth-order valence-electron chi connectivity index (χ4n) is 1.57. The van der Waals surface area contributed by atoms with Crippen LogP contribution in [0, 0.1) is 0 Å². The first-order chi connectivity index (χ1) is 9.54. The Morgan fingerprint density at radius 1 is 1.25 bits per heavy atom. The van der Waals surface area contributed by atoms with Crippen LogP contribution in [0.4, 0.5) is 5.95 Å². The third-order valence-electron chi connectivity index (χ3n) is 2.79. The second kappa shape index (κ2) is 8.08. The van der Waals surface area contributed by atoms with Gasteiger partial charge in [0.05, 0.1) is 13.7 Å². The molecule has 7 nitrogen and oxygen atoms in total. The van der Waals surface area contributed by atoms with Gasteiger partial charge in [0.2, 0.25) is 11.9 Å². The first kappa shape index (κ1) is 15.9. The number of ether oxygens (including phenoxy) is 1. The predicted molar refractivity (Wildman–Crippen MR) is 74.2 cm³/mol. The lowest BCUT2D eigenvalue weighted by atomic mass is 10.3. The molecule has 20 heavy (non-hydrogen) atoms. The quantitative estimate of drug-likeness (QED) is 0.670. The molecule has 0 aliphatic heterocycles. The van der Waals surface area contributed by atoms with E-state index in [4.69, 9.17) is 0 Å². The van der Waals surface area contributed by atoms with E-state index in [0.717, 1.165) is 0 Å². The van der Waals surface area contributed by atoms with E-state index in [9.17, 15) is 9.59 Å². The largest absolute Gasteiger partial charge is 0.469 e. The van der Waals surface area contributed by atoms with Crippen LogP contribution < -0.4 is 4.90 Å². The number of amides is 1. The van der Waals surface area contributed by atoms with E-state index in [0.29, 0.717) is 25.3 Å². The van der Waals surface area contributed by atoms with E-state index in [-0.39, 0.29) is 18.4 Å². The standard InChI is InChI=1S/C13H20N4O3/c1-16(9-4-6-12(19)20-3)11(18)10-17(2)13-14-7-5-8-15-13/h5,7-8H,4,6,9-10H2,1-3H3. The smallest absolute Gasteiger partial charge is 0.305 e. The van der Waals surface area contributed by atoms with Crippen molar-refractivity contribution in [2.45, 2.75) is 12.8 Å². The van der Waals surface area contributed by atoms with Crippen molar-refractivity contribution in [3.63, 3.8) is 0 Å². The first-order valence-corrected chi connectivity index (χ1v) is 6.33. The zero-order valence-corrected chi connectivity index (χ0v) is 12.1. The van der Waals surface area contributed by atoms with Crippen molar-refractivity contribution in [3.8, 4) is 0 Å². The zero-order chi connectivity index (χ0) is 15.0. The second-order valence-electron chi connectivity index (χ2n) is 4.40. The summed E-state index contributed by atoms with van der Waals surface area (Å²) in [6, 6.07) is 1.72. The van der Waals surface area contributed by atoms with Crippen LogP contribution in [-0.4, -0.2) is 61.0 Å². The molecule has 0 bridgehead atoms. The van der Waals surface area contributed by atoms with Crippen LogP contribution in [0.25, 0.3) is 0 Å². The topological polar surface area (TPSA) is 75.6 Å². The lowest BCUT2D eigenvalue weighted by molar-refractivity contribution is -0.141. The maximum atomic E-state index is 12.0. The number of aromatic nitrogens is 2. The Morgan fingerprint density at radius 2 is 1.90 bits per heavy atom. The molecule has 1 aromatic rings. The zero-order valence-electron chi connectivity index (χ0n) is 12.1. The van der Waals surface area contributed by atoms with E-state index in [2.05, 4.69) is 14.7 Å². The van der Waals surface area contributed by atoms with Gasteiger partial charge in [-0.25, -0.2) is 9.97 Å². The number of hydrogen-bond donors (Lipinski definition) is 0. The lowest BCUT2D eigenvalue weighted by Gasteiger charge is -2.21. The van der Waals surface area contributed by atoms with E-state index in [1.165, 1.54) is 7.11 Å². The van der Waals surface area contributed by atoms with Gasteiger partial charge in [-0.15, -0.1) is 0 Å². The molecule has 1 amide bonds. The second-order valence-corrected chi connectivity index (χ2v) is 4.40. The van der Waals surface area contributed by atoms with Crippen molar-refractivity contribution < 1.29 is 14.3 Å². The van der Waals surface area contributed by atoms with Crippen molar-refractivity contribution in [2.75, 3.05) is 39.2 Å². The van der Waals surface area contributed by atoms with Gasteiger partial charge < -0.3 is 14.5 Å². The summed E-state index contributed by atoms with van der Waals surface area (Å²) >= 11 is 0. The molecule has 1 rings (SSSR count). The first-order valence-electron chi connectivity index (χ1n) is 6.33. The molecular weight excluding hydrogens is 260 g/mol. The summed E-state index contributed by atoms with van der Waals surface area (Å²) in [5.74, 6) is 0.189. The molecular formula is C13H20N4O3. The van der Waals surface area contributed by atoms with Crippen LogP contribution in [0.5, 0.6) is 0 Å². The Labute approximate surface area is 118 Å². The van der Waals surface area contributed by atoms with Gasteiger partial charge in [0.25, 0.3) is 0 Å². The van der Waals surface area contributed by atoms with Crippen LogP contribution in [0.1, 0.15) is 12.8 Å². The van der Waals surface area contributed by atoms with Crippen molar-refractivity contribution in [2.24, 2.45) is 0 Å². The van der Waals surface area contributed by atoms with Gasteiger partial charge >= 0.3 is 5.97 Å². The Morgan fingerprint density at radius 3 is 2.50 bits per heavy atom. The van der Waals surface area contributed by atoms with Crippen LogP contribution in [0.15, 0.2) is 18.5 Å². The number of hydrogen-bond acceptors (Lipinski definition) is 6. The molecule has 0 aromatic carbocycles. The number of nitrogens with zero attached hydrogens (tertiary/aromatic N) is 4. The molecule has 0 radical (unpaired) electrons. The Hall–Kier alpha value is -2.18. The van der Waals surface area contributed by atoms with Gasteiger partial charge in [-0.2, -0.15) is 0 Å². The summed E-state index contributed by atoms with van der Waals surface area (Å²) in [5, 5.41) is 0. The summed E-state index contributed by atoms with van der Waals surface area (Å²) < 4.78 is 4.55. The summed E-state index contributed by atoms with van der Waals surface area (Å²) in [7, 11) is 4.82. The summed E-state index contributed by atoms with van der Waals surface area (Å²) in [4.78, 5) is 34.4. The number of rotatable bonds is 7. The minimum Gasteiger partial charge on any atom is -0.469 e.